The van der Waals surface area contributed by atoms with Crippen molar-refractivity contribution < 1.29 is 32.3 Å². The molecule has 2 aromatic heterocycles. The van der Waals surface area contributed by atoms with Gasteiger partial charge in [0.25, 0.3) is 10.0 Å². The van der Waals surface area contributed by atoms with Gasteiger partial charge in [0.15, 0.2) is 0 Å². The number of carbonyl (C=O) groups excluding carboxylic acids is 1. The van der Waals surface area contributed by atoms with E-state index in [4.69, 9.17) is 32.4 Å². The molecular weight excluding hydrogens is 577 g/mol. The molecule has 0 unspecified atom stereocenters. The number of ether oxygens (including phenoxy) is 1. The van der Waals surface area contributed by atoms with Crippen molar-refractivity contribution in [2.75, 3.05) is 6.61 Å². The molecule has 40 heavy (non-hydrogen) atoms. The number of halogens is 2. The van der Waals surface area contributed by atoms with Crippen molar-refractivity contribution in [3.8, 4) is 0 Å². The van der Waals surface area contributed by atoms with Gasteiger partial charge < -0.3 is 14.3 Å². The minimum Gasteiger partial charge on any atom is -0.478 e. The van der Waals surface area contributed by atoms with Crippen molar-refractivity contribution >= 4 is 61.6 Å². The molecule has 4 rings (SSSR count). The minimum atomic E-state index is -4.34. The molecule has 1 N–H and O–H groups in total. The maximum absolute atomic E-state index is 14.1. The number of hydrogen-bond acceptors (Lipinski definition) is 6. The molecule has 0 spiro atoms. The lowest BCUT2D eigenvalue weighted by atomic mass is 9.82. The van der Waals surface area contributed by atoms with Gasteiger partial charge in [-0.2, -0.15) is 0 Å². The van der Waals surface area contributed by atoms with Crippen LogP contribution in [0.4, 0.5) is 0 Å². The van der Waals surface area contributed by atoms with E-state index in [-0.39, 0.29) is 56.1 Å². The highest BCUT2D eigenvalue weighted by molar-refractivity contribution is 7.90. The first kappa shape index (κ1) is 29.5. The first-order valence-corrected chi connectivity index (χ1v) is 14.5. The predicted octanol–water partition coefficient (Wildman–Crippen LogP) is 7.00. The van der Waals surface area contributed by atoms with Gasteiger partial charge in [-0.1, -0.05) is 60.8 Å². The third kappa shape index (κ3) is 5.68. The molecule has 0 aliphatic heterocycles. The fraction of sp³-hybridized carbons (Fsp3) is 0.241. The van der Waals surface area contributed by atoms with Crippen LogP contribution in [0.15, 0.2) is 70.2 Å². The smallest absolute Gasteiger partial charge is 0.356 e. The molecule has 2 aromatic carbocycles. The van der Waals surface area contributed by atoms with E-state index in [9.17, 15) is 23.1 Å². The standard InChI is InChI=1S/C29H27Cl2NO7S/c1-5-38-28(35)26-21(16-29(3,4)15-20(27(33)34)24-7-6-12-39-24)25-22(31)13-18(30)14-23(25)32(26)40(36,37)19-10-8-17(2)9-11-19/h6-15H,5,16H2,1-4H3,(H,33,34)/b20-15-. The lowest BCUT2D eigenvalue weighted by Gasteiger charge is -2.22. The zero-order valence-corrected chi connectivity index (χ0v) is 24.5. The number of allylic oxidation sites excluding steroid dienone is 1. The zero-order chi connectivity index (χ0) is 29.4. The van der Waals surface area contributed by atoms with E-state index in [2.05, 4.69) is 0 Å². The lowest BCUT2D eigenvalue weighted by Crippen LogP contribution is -2.23. The summed E-state index contributed by atoms with van der Waals surface area (Å²) in [5, 5.41) is 10.5. The van der Waals surface area contributed by atoms with E-state index in [0.29, 0.717) is 5.39 Å². The number of carboxylic acids is 1. The molecule has 11 heteroatoms. The Labute approximate surface area is 241 Å². The summed E-state index contributed by atoms with van der Waals surface area (Å²) in [5.41, 5.74) is -0.0299. The lowest BCUT2D eigenvalue weighted by molar-refractivity contribution is -0.130. The second-order valence-corrected chi connectivity index (χ2v) is 12.5. The molecule has 0 bridgehead atoms. The van der Waals surface area contributed by atoms with Crippen molar-refractivity contribution in [2.24, 2.45) is 5.41 Å². The van der Waals surface area contributed by atoms with Crippen LogP contribution in [0.1, 0.15) is 48.1 Å². The van der Waals surface area contributed by atoms with Crippen LogP contribution in [0.25, 0.3) is 16.5 Å². The average molecular weight is 605 g/mol. The van der Waals surface area contributed by atoms with E-state index in [0.717, 1.165) is 9.54 Å². The Bertz CT molecular complexity index is 1730. The second-order valence-electron chi connectivity index (χ2n) is 9.92. The summed E-state index contributed by atoms with van der Waals surface area (Å²) in [4.78, 5) is 25.5. The van der Waals surface area contributed by atoms with Crippen LogP contribution in [0.5, 0.6) is 0 Å². The number of fused-ring (bicyclic) bond motifs is 1. The first-order valence-electron chi connectivity index (χ1n) is 12.3. The van der Waals surface area contributed by atoms with Gasteiger partial charge in [0.05, 0.1) is 33.9 Å². The number of nitrogens with zero attached hydrogens (tertiary/aromatic N) is 1. The van der Waals surface area contributed by atoms with Crippen molar-refractivity contribution in [1.29, 1.82) is 0 Å². The van der Waals surface area contributed by atoms with Crippen molar-refractivity contribution in [1.82, 2.24) is 3.97 Å². The number of rotatable bonds is 9. The molecule has 0 radical (unpaired) electrons. The normalized spacial score (nSPS) is 12.6. The van der Waals surface area contributed by atoms with Crippen molar-refractivity contribution in [3.05, 3.63) is 93.5 Å². The van der Waals surface area contributed by atoms with Gasteiger partial charge in [0.2, 0.25) is 0 Å². The number of carboxylic acid groups (broad SMARTS) is 1. The molecule has 4 aromatic rings. The van der Waals surface area contributed by atoms with Crippen LogP contribution in [0.3, 0.4) is 0 Å². The molecule has 2 heterocycles. The predicted molar refractivity (Wildman–Crippen MR) is 153 cm³/mol. The SMILES string of the molecule is CCOC(=O)c1c(CC(C)(C)/C=C(\C(=O)O)c2ccco2)c2c(Cl)cc(Cl)cc2n1S(=O)(=O)c1ccc(C)cc1. The van der Waals surface area contributed by atoms with Crippen LogP contribution >= 0.6 is 23.2 Å². The molecule has 210 valence electrons. The van der Waals surface area contributed by atoms with Crippen LogP contribution < -0.4 is 0 Å². The van der Waals surface area contributed by atoms with Crippen molar-refractivity contribution in [3.63, 3.8) is 0 Å². The van der Waals surface area contributed by atoms with Crippen LogP contribution in [0, 0.1) is 12.3 Å². The Kier molecular flexibility index (Phi) is 8.21. The van der Waals surface area contributed by atoms with E-state index in [1.54, 1.807) is 39.0 Å². The Balaban J connectivity index is 2.05. The molecular formula is C29H27Cl2NO7S. The highest BCUT2D eigenvalue weighted by Gasteiger charge is 2.35. The fourth-order valence-corrected chi connectivity index (χ4v) is 6.71. The monoisotopic (exact) mass is 603 g/mol. The molecule has 0 saturated carbocycles. The summed E-state index contributed by atoms with van der Waals surface area (Å²) in [6.07, 6.45) is 2.89. The number of carbonyl (C=O) groups is 2. The summed E-state index contributed by atoms with van der Waals surface area (Å²) >= 11 is 13.0. The van der Waals surface area contributed by atoms with Crippen LogP contribution in [0.2, 0.25) is 10.0 Å². The zero-order valence-electron chi connectivity index (χ0n) is 22.2. The molecule has 0 saturated heterocycles. The Morgan fingerprint density at radius 1 is 1.12 bits per heavy atom. The highest BCUT2D eigenvalue weighted by Crippen LogP contribution is 2.41. The molecule has 0 aliphatic rings. The Morgan fingerprint density at radius 3 is 2.38 bits per heavy atom. The number of aryl methyl sites for hydroxylation is 1. The third-order valence-electron chi connectivity index (χ3n) is 6.26. The number of benzene rings is 2. The quantitative estimate of drug-likeness (QED) is 0.162. The van der Waals surface area contributed by atoms with Crippen LogP contribution in [-0.4, -0.2) is 36.0 Å². The van der Waals surface area contributed by atoms with Crippen LogP contribution in [-0.2, 0) is 26.0 Å². The van der Waals surface area contributed by atoms with E-state index >= 15 is 0 Å². The molecule has 0 atom stereocenters. The van der Waals surface area contributed by atoms with Gasteiger partial charge in [-0.05, 0) is 67.6 Å². The van der Waals surface area contributed by atoms with Gasteiger partial charge in [0, 0.05) is 10.4 Å². The number of aromatic nitrogens is 1. The Morgan fingerprint density at radius 2 is 1.80 bits per heavy atom. The van der Waals surface area contributed by atoms with E-state index in [1.807, 2.05) is 6.92 Å². The Hall–Kier alpha value is -3.53. The van der Waals surface area contributed by atoms with Gasteiger partial charge in [0.1, 0.15) is 11.5 Å². The van der Waals surface area contributed by atoms with Gasteiger partial charge >= 0.3 is 11.9 Å². The van der Waals surface area contributed by atoms with E-state index < -0.39 is 27.4 Å². The topological polar surface area (TPSA) is 116 Å². The summed E-state index contributed by atoms with van der Waals surface area (Å²) in [6, 6.07) is 12.2. The van der Waals surface area contributed by atoms with Crippen molar-refractivity contribution in [2.45, 2.75) is 39.0 Å². The van der Waals surface area contributed by atoms with Gasteiger partial charge in [-0.3, -0.25) is 0 Å². The molecule has 0 amide bonds. The number of aliphatic carboxylic acids is 1. The summed E-state index contributed by atoms with van der Waals surface area (Å²) < 4.78 is 39.7. The maximum Gasteiger partial charge on any atom is 0.356 e. The summed E-state index contributed by atoms with van der Waals surface area (Å²) in [5.74, 6) is -1.93. The fourth-order valence-electron chi connectivity index (χ4n) is 4.59. The average Bonchev–Trinajstić information content (AvgIpc) is 3.49. The number of hydrogen-bond donors (Lipinski definition) is 1. The minimum absolute atomic E-state index is 0.0101. The second kappa shape index (κ2) is 11.2. The maximum atomic E-state index is 14.1. The number of furan rings is 1. The van der Waals surface area contributed by atoms with E-state index in [1.165, 1.54) is 42.7 Å². The molecule has 0 fully saturated rings. The third-order valence-corrected chi connectivity index (χ3v) is 8.50. The summed E-state index contributed by atoms with van der Waals surface area (Å²) in [7, 11) is -4.34. The first-order chi connectivity index (χ1) is 18.8. The molecule has 8 nitrogen and oxygen atoms in total. The van der Waals surface area contributed by atoms with Gasteiger partial charge in [-0.15, -0.1) is 0 Å². The highest BCUT2D eigenvalue weighted by atomic mass is 35.5. The molecule has 0 aliphatic carbocycles. The summed E-state index contributed by atoms with van der Waals surface area (Å²) in [6.45, 7) is 6.94. The largest absolute Gasteiger partial charge is 0.478 e. The number of esters is 1. The van der Waals surface area contributed by atoms with Gasteiger partial charge in [-0.25, -0.2) is 22.0 Å².